The van der Waals surface area contributed by atoms with Gasteiger partial charge in [0, 0.05) is 24.9 Å². The molecule has 0 spiro atoms. The first-order valence-corrected chi connectivity index (χ1v) is 12.3. The molecule has 5 saturated carbocycles. The number of nitriles is 1. The number of esters is 1. The smallest absolute Gasteiger partial charge is 0.323 e. The Morgan fingerprint density at radius 3 is 2.67 bits per heavy atom. The zero-order chi connectivity index (χ0) is 23.0. The van der Waals surface area contributed by atoms with E-state index in [1.807, 2.05) is 0 Å². The molecular weight excluding hydrogens is 420 g/mol. The van der Waals surface area contributed by atoms with Crippen LogP contribution in [0.2, 0.25) is 0 Å². The van der Waals surface area contributed by atoms with Gasteiger partial charge in [-0.05, 0) is 74.5 Å². The van der Waals surface area contributed by atoms with Crippen molar-refractivity contribution < 1.29 is 14.3 Å². The van der Waals surface area contributed by atoms with E-state index in [2.05, 4.69) is 16.0 Å². The molecule has 1 aromatic heterocycles. The van der Waals surface area contributed by atoms with E-state index in [-0.39, 0.29) is 23.4 Å². The number of nitrogens with one attached hydrogen (secondary N) is 1. The second-order valence-electron chi connectivity index (χ2n) is 11.4. The number of amides is 1. The lowest BCUT2D eigenvalue weighted by molar-refractivity contribution is -0.207. The number of ether oxygens (including phenoxy) is 1. The number of hydrogen-bond acceptors (Lipinski definition) is 7. The molecule has 6 aliphatic rings. The lowest BCUT2D eigenvalue weighted by atomic mass is 9.46. The first-order chi connectivity index (χ1) is 15.8. The topological polar surface area (TPSA) is 151 Å². The van der Waals surface area contributed by atoms with Crippen LogP contribution < -0.4 is 11.5 Å². The summed E-state index contributed by atoms with van der Waals surface area (Å²) < 4.78 is 6.17. The van der Waals surface area contributed by atoms with Crippen molar-refractivity contribution in [1.29, 1.82) is 5.26 Å². The highest BCUT2D eigenvalue weighted by atomic mass is 16.6. The van der Waals surface area contributed by atoms with Crippen molar-refractivity contribution in [2.24, 2.45) is 34.6 Å². The van der Waals surface area contributed by atoms with Gasteiger partial charge >= 0.3 is 5.97 Å². The quantitative estimate of drug-likeness (QED) is 0.545. The number of nitrogens with zero attached hydrogens (tertiary/aromatic N) is 3. The van der Waals surface area contributed by atoms with Gasteiger partial charge in [-0.15, -0.1) is 0 Å². The molecule has 1 amide bonds. The SMILES string of the molecule is N#C[C@@H]1C[C@@H]2C[C@@H]2N1C(=O)[C@@H](N)C12CC3CC(CC(OC(=O)[C@@H](N)Cc4ncc[nH]4)(C3)C1)C2. The van der Waals surface area contributed by atoms with Crippen molar-refractivity contribution in [2.75, 3.05) is 0 Å². The highest BCUT2D eigenvalue weighted by molar-refractivity contribution is 5.84. The van der Waals surface area contributed by atoms with Gasteiger partial charge in [0.05, 0.1) is 12.1 Å². The third-order valence-corrected chi connectivity index (χ3v) is 9.07. The Balaban J connectivity index is 1.20. The largest absolute Gasteiger partial charge is 0.458 e. The molecule has 7 atom stereocenters. The summed E-state index contributed by atoms with van der Waals surface area (Å²) in [4.78, 5) is 35.5. The van der Waals surface area contributed by atoms with E-state index in [9.17, 15) is 14.9 Å². The maximum atomic E-state index is 13.6. The second kappa shape index (κ2) is 7.28. The first-order valence-electron chi connectivity index (χ1n) is 12.3. The summed E-state index contributed by atoms with van der Waals surface area (Å²) in [5.74, 6) is 1.43. The van der Waals surface area contributed by atoms with Crippen molar-refractivity contribution in [1.82, 2.24) is 14.9 Å². The summed E-state index contributed by atoms with van der Waals surface area (Å²) in [5, 5.41) is 9.56. The van der Waals surface area contributed by atoms with Gasteiger partial charge in [-0.2, -0.15) is 5.26 Å². The average Bonchev–Trinajstić information content (AvgIpc) is 3.16. The molecule has 0 aromatic carbocycles. The Morgan fingerprint density at radius 1 is 1.24 bits per heavy atom. The lowest BCUT2D eigenvalue weighted by Crippen LogP contribution is -2.66. The van der Waals surface area contributed by atoms with Gasteiger partial charge in [0.1, 0.15) is 23.5 Å². The maximum Gasteiger partial charge on any atom is 0.323 e. The molecule has 2 heterocycles. The third kappa shape index (κ3) is 3.38. The summed E-state index contributed by atoms with van der Waals surface area (Å²) in [7, 11) is 0. The molecule has 9 heteroatoms. The van der Waals surface area contributed by atoms with E-state index in [0.717, 1.165) is 44.9 Å². The van der Waals surface area contributed by atoms with Crippen molar-refractivity contribution in [3.63, 3.8) is 0 Å². The number of carbonyl (C=O) groups is 2. The van der Waals surface area contributed by atoms with Crippen LogP contribution in [0, 0.1) is 34.5 Å². The van der Waals surface area contributed by atoms with E-state index in [4.69, 9.17) is 16.2 Å². The molecule has 1 saturated heterocycles. The number of aromatic amines is 1. The summed E-state index contributed by atoms with van der Waals surface area (Å²) >= 11 is 0. The Morgan fingerprint density at radius 2 is 2.00 bits per heavy atom. The summed E-state index contributed by atoms with van der Waals surface area (Å²) in [6.45, 7) is 0. The van der Waals surface area contributed by atoms with Gasteiger partial charge < -0.3 is 26.1 Å². The normalized spacial score (nSPS) is 41.8. The van der Waals surface area contributed by atoms with Crippen LogP contribution in [0.25, 0.3) is 0 Å². The van der Waals surface area contributed by atoms with E-state index in [1.54, 1.807) is 17.3 Å². The number of H-pyrrole nitrogens is 1. The van der Waals surface area contributed by atoms with E-state index in [0.29, 0.717) is 36.4 Å². The fourth-order valence-electron chi connectivity index (χ4n) is 8.03. The van der Waals surface area contributed by atoms with Gasteiger partial charge in [-0.1, -0.05) is 0 Å². The molecular formula is C24H32N6O3. The van der Waals surface area contributed by atoms with Crippen molar-refractivity contribution >= 4 is 11.9 Å². The highest BCUT2D eigenvalue weighted by Crippen LogP contribution is 2.64. The number of nitrogens with two attached hydrogens (primary N) is 2. The third-order valence-electron chi connectivity index (χ3n) is 9.07. The van der Waals surface area contributed by atoms with E-state index in [1.165, 1.54) is 0 Å². The van der Waals surface area contributed by atoms with Crippen molar-refractivity contribution in [3.05, 3.63) is 18.2 Å². The van der Waals surface area contributed by atoms with Crippen LogP contribution in [0.15, 0.2) is 12.4 Å². The van der Waals surface area contributed by atoms with Crippen LogP contribution >= 0.6 is 0 Å². The number of aromatic nitrogens is 2. The molecule has 5 aliphatic carbocycles. The maximum absolute atomic E-state index is 13.6. The van der Waals surface area contributed by atoms with Crippen LogP contribution in [0.3, 0.4) is 0 Å². The Labute approximate surface area is 193 Å². The molecule has 5 N–H and O–H groups in total. The minimum atomic E-state index is -0.789. The molecule has 1 aliphatic heterocycles. The van der Waals surface area contributed by atoms with Gasteiger partial charge in [0.25, 0.3) is 0 Å². The van der Waals surface area contributed by atoms with Gasteiger partial charge in [0.2, 0.25) is 5.91 Å². The van der Waals surface area contributed by atoms with Gasteiger partial charge in [-0.25, -0.2) is 4.98 Å². The summed E-state index contributed by atoms with van der Waals surface area (Å²) in [5.41, 5.74) is 11.9. The molecule has 6 fully saturated rings. The number of imidazole rings is 1. The predicted molar refractivity (Wildman–Crippen MR) is 117 cm³/mol. The Hall–Kier alpha value is -2.44. The van der Waals surface area contributed by atoms with E-state index >= 15 is 0 Å². The van der Waals surface area contributed by atoms with Crippen LogP contribution in [0.5, 0.6) is 0 Å². The van der Waals surface area contributed by atoms with Crippen molar-refractivity contribution in [3.8, 4) is 6.07 Å². The molecule has 1 aromatic rings. The predicted octanol–water partition coefficient (Wildman–Crippen LogP) is 1.00. The zero-order valence-corrected chi connectivity index (χ0v) is 18.8. The number of likely N-dealkylation sites (tertiary alicyclic amines) is 1. The average molecular weight is 453 g/mol. The molecule has 9 nitrogen and oxygen atoms in total. The number of hydrogen-bond donors (Lipinski definition) is 3. The molecule has 2 unspecified atom stereocenters. The van der Waals surface area contributed by atoms with Crippen LogP contribution in [0.4, 0.5) is 0 Å². The van der Waals surface area contributed by atoms with Crippen LogP contribution in [-0.4, -0.2) is 56.5 Å². The first kappa shape index (κ1) is 21.1. The molecule has 7 rings (SSSR count). The number of rotatable bonds is 6. The highest BCUT2D eigenvalue weighted by Gasteiger charge is 2.64. The second-order valence-corrected chi connectivity index (χ2v) is 11.4. The molecule has 33 heavy (non-hydrogen) atoms. The van der Waals surface area contributed by atoms with E-state index < -0.39 is 23.7 Å². The number of piperidine rings is 1. The fourth-order valence-corrected chi connectivity index (χ4v) is 8.03. The standard InChI is InChI=1S/C24H32N6O3/c25-11-16-4-15-5-18(15)30(16)21(31)20(27)23-7-13-3-14(8-23)10-24(9-13,12-23)33-22(32)17(26)6-19-28-1-2-29-19/h1-2,13-18,20H,3-10,12,26-27H2,(H,28,29)/t13?,14?,15-,16+,17+,18+,20-,23?,24?/m1/s1. The summed E-state index contributed by atoms with van der Waals surface area (Å²) in [6.07, 6.45) is 10.5. The monoisotopic (exact) mass is 452 g/mol. The van der Waals surface area contributed by atoms with Crippen LogP contribution in [0.1, 0.15) is 57.2 Å². The van der Waals surface area contributed by atoms with Gasteiger partial charge in [0.15, 0.2) is 0 Å². The zero-order valence-electron chi connectivity index (χ0n) is 18.8. The van der Waals surface area contributed by atoms with Gasteiger partial charge in [-0.3, -0.25) is 9.59 Å². The number of fused-ring (bicyclic) bond motifs is 1. The van der Waals surface area contributed by atoms with Crippen molar-refractivity contribution in [2.45, 2.75) is 87.6 Å². The minimum absolute atomic E-state index is 0.0792. The van der Waals surface area contributed by atoms with Crippen LogP contribution in [-0.2, 0) is 20.7 Å². The number of carbonyl (C=O) groups excluding carboxylic acids is 2. The molecule has 4 bridgehead atoms. The molecule has 0 radical (unpaired) electrons. The molecule has 176 valence electrons. The lowest BCUT2D eigenvalue weighted by Gasteiger charge is -2.62. The Bertz CT molecular complexity index is 988. The Kier molecular flexibility index (Phi) is 4.66. The minimum Gasteiger partial charge on any atom is -0.458 e. The fraction of sp³-hybridized carbons (Fsp3) is 0.750. The summed E-state index contributed by atoms with van der Waals surface area (Å²) in [6, 6.07) is 0.694.